The highest BCUT2D eigenvalue weighted by atomic mass is 35.5. The number of nitrogens with one attached hydrogen (secondary N) is 2. The summed E-state index contributed by atoms with van der Waals surface area (Å²) in [6, 6.07) is 4.97. The SMILES string of the molecule is C=C(Cl)/C=C\C=C(/F)[C@H]1[C@@H]2C(=O)NCC[C@@H]2N(CC2CC2)[C@@]12C(=O)Nc1cc(Cl)ccc12. The molecule has 2 N–H and O–H groups in total. The van der Waals surface area contributed by atoms with E-state index in [-0.39, 0.29) is 22.9 Å². The van der Waals surface area contributed by atoms with Crippen molar-refractivity contribution < 1.29 is 14.0 Å². The molecule has 3 heterocycles. The highest BCUT2D eigenvalue weighted by Gasteiger charge is 2.69. The molecule has 0 aromatic heterocycles. The van der Waals surface area contributed by atoms with Crippen LogP contribution in [-0.4, -0.2) is 35.8 Å². The number of allylic oxidation sites excluding steroid dienone is 4. The van der Waals surface area contributed by atoms with Gasteiger partial charge in [-0.25, -0.2) is 4.39 Å². The molecule has 1 aliphatic carbocycles. The average Bonchev–Trinajstić information content (AvgIpc) is 3.44. The number of halogens is 3. The molecule has 0 radical (unpaired) electrons. The van der Waals surface area contributed by atoms with Crippen molar-refractivity contribution in [1.29, 1.82) is 0 Å². The van der Waals surface area contributed by atoms with Gasteiger partial charge in [-0.15, -0.1) is 0 Å². The maximum Gasteiger partial charge on any atom is 0.250 e. The van der Waals surface area contributed by atoms with Crippen LogP contribution in [0.25, 0.3) is 0 Å². The molecule has 2 amide bonds. The molecule has 3 fully saturated rings. The Labute approximate surface area is 196 Å². The van der Waals surface area contributed by atoms with Crippen molar-refractivity contribution in [2.45, 2.75) is 30.8 Å². The van der Waals surface area contributed by atoms with Crippen LogP contribution in [0.15, 0.2) is 53.9 Å². The van der Waals surface area contributed by atoms with Gasteiger partial charge in [-0.3, -0.25) is 14.5 Å². The van der Waals surface area contributed by atoms with Crippen molar-refractivity contribution in [1.82, 2.24) is 10.2 Å². The first-order valence-corrected chi connectivity index (χ1v) is 11.6. The second-order valence-electron chi connectivity index (χ2n) is 9.01. The van der Waals surface area contributed by atoms with Gasteiger partial charge >= 0.3 is 0 Å². The van der Waals surface area contributed by atoms with E-state index in [1.807, 2.05) is 0 Å². The van der Waals surface area contributed by atoms with E-state index < -0.39 is 23.2 Å². The average molecular weight is 476 g/mol. The number of amides is 2. The summed E-state index contributed by atoms with van der Waals surface area (Å²) in [4.78, 5) is 29.0. The number of nitrogens with zero attached hydrogens (tertiary/aromatic N) is 1. The van der Waals surface area contributed by atoms with E-state index in [1.165, 1.54) is 18.2 Å². The first kappa shape index (κ1) is 21.7. The fourth-order valence-corrected chi connectivity index (χ4v) is 5.95. The molecule has 2 saturated heterocycles. The maximum atomic E-state index is 16.0. The first-order chi connectivity index (χ1) is 15.3. The van der Waals surface area contributed by atoms with Crippen LogP contribution in [0.4, 0.5) is 10.1 Å². The van der Waals surface area contributed by atoms with E-state index in [1.54, 1.807) is 18.2 Å². The topological polar surface area (TPSA) is 61.4 Å². The zero-order chi connectivity index (χ0) is 22.6. The third-order valence-corrected chi connectivity index (χ3v) is 7.45. The van der Waals surface area contributed by atoms with E-state index in [2.05, 4.69) is 22.1 Å². The number of anilines is 1. The number of benzene rings is 1. The third-order valence-electron chi connectivity index (χ3n) is 7.09. The van der Waals surface area contributed by atoms with Crippen LogP contribution < -0.4 is 10.6 Å². The molecule has 1 aromatic rings. The first-order valence-electron chi connectivity index (χ1n) is 10.9. The van der Waals surface area contributed by atoms with Crippen LogP contribution in [0.2, 0.25) is 5.02 Å². The van der Waals surface area contributed by atoms with Crippen LogP contribution in [-0.2, 0) is 15.1 Å². The molecular formula is C24H24Cl2FN3O2. The Hall–Kier alpha value is -2.15. The van der Waals surface area contributed by atoms with Gasteiger partial charge in [-0.2, -0.15) is 0 Å². The number of hydrogen-bond donors (Lipinski definition) is 2. The normalized spacial score (nSPS) is 32.2. The Morgan fingerprint density at radius 1 is 1.31 bits per heavy atom. The summed E-state index contributed by atoms with van der Waals surface area (Å²) in [6.45, 7) is 4.74. The maximum absolute atomic E-state index is 16.0. The Morgan fingerprint density at radius 2 is 2.09 bits per heavy atom. The zero-order valence-corrected chi connectivity index (χ0v) is 18.9. The molecule has 1 spiro atoms. The minimum absolute atomic E-state index is 0.214. The molecule has 0 bridgehead atoms. The van der Waals surface area contributed by atoms with Crippen molar-refractivity contribution in [3.05, 3.63) is 64.5 Å². The zero-order valence-electron chi connectivity index (χ0n) is 17.4. The summed E-state index contributed by atoms with van der Waals surface area (Å²) in [5.41, 5.74) is -0.0646. The van der Waals surface area contributed by atoms with Crippen LogP contribution in [0, 0.1) is 17.8 Å². The number of carbonyl (C=O) groups excluding carboxylic acids is 2. The van der Waals surface area contributed by atoms with Gasteiger partial charge in [-0.05, 0) is 49.5 Å². The van der Waals surface area contributed by atoms with Crippen LogP contribution in [0.1, 0.15) is 24.8 Å². The number of piperidine rings is 1. The van der Waals surface area contributed by atoms with Gasteiger partial charge in [0.05, 0.1) is 11.8 Å². The van der Waals surface area contributed by atoms with Gasteiger partial charge in [0.1, 0.15) is 11.4 Å². The number of hydrogen-bond acceptors (Lipinski definition) is 3. The Morgan fingerprint density at radius 3 is 2.81 bits per heavy atom. The van der Waals surface area contributed by atoms with Gasteiger partial charge in [0.2, 0.25) is 11.8 Å². The molecule has 5 nitrogen and oxygen atoms in total. The van der Waals surface area contributed by atoms with Crippen molar-refractivity contribution in [3.8, 4) is 0 Å². The van der Waals surface area contributed by atoms with Crippen molar-refractivity contribution in [2.24, 2.45) is 17.8 Å². The van der Waals surface area contributed by atoms with Gasteiger partial charge in [0.15, 0.2) is 0 Å². The lowest BCUT2D eigenvalue weighted by atomic mass is 9.73. The Bertz CT molecular complexity index is 1070. The van der Waals surface area contributed by atoms with Gasteiger partial charge in [0.25, 0.3) is 0 Å². The quantitative estimate of drug-likeness (QED) is 0.616. The summed E-state index contributed by atoms with van der Waals surface area (Å²) in [5.74, 6) is -2.25. The monoisotopic (exact) mass is 475 g/mol. The highest BCUT2D eigenvalue weighted by Crippen LogP contribution is 2.59. The summed E-state index contributed by atoms with van der Waals surface area (Å²) in [7, 11) is 0. The fraction of sp³-hybridized carbons (Fsp3) is 0.417. The second kappa shape index (κ2) is 8.01. The molecule has 1 aromatic carbocycles. The summed E-state index contributed by atoms with van der Waals surface area (Å²) in [6.07, 6.45) is 7.06. The smallest absolute Gasteiger partial charge is 0.250 e. The Balaban J connectivity index is 1.72. The van der Waals surface area contributed by atoms with Crippen LogP contribution >= 0.6 is 23.2 Å². The predicted molar refractivity (Wildman–Crippen MR) is 123 cm³/mol. The van der Waals surface area contributed by atoms with Crippen molar-refractivity contribution in [3.63, 3.8) is 0 Å². The number of fused-ring (bicyclic) bond motifs is 3. The lowest BCUT2D eigenvalue weighted by Crippen LogP contribution is -2.54. The second-order valence-corrected chi connectivity index (χ2v) is 9.94. The molecule has 1 saturated carbocycles. The van der Waals surface area contributed by atoms with Gasteiger partial charge in [0, 0.05) is 40.4 Å². The highest BCUT2D eigenvalue weighted by molar-refractivity contribution is 6.31. The standard InChI is InChI=1S/C24H24Cl2FN3O2/c1-13(25)3-2-4-17(27)21-20-19(9-10-28-22(20)31)30(12-14-5-6-14)24(21)16-8-7-15(26)11-18(16)29-23(24)32/h2-4,7-8,11,14,19-21H,1,5-6,9-10,12H2,(H,28,31)(H,29,32)/b3-2-,17-4-/t19-,20+,21-,24+/m0/s1. The molecular weight excluding hydrogens is 452 g/mol. The van der Waals surface area contributed by atoms with Gasteiger partial charge < -0.3 is 10.6 Å². The molecule has 168 valence electrons. The third kappa shape index (κ3) is 3.31. The molecule has 3 aliphatic heterocycles. The molecule has 4 atom stereocenters. The summed E-state index contributed by atoms with van der Waals surface area (Å²) in [5, 5.41) is 6.57. The van der Waals surface area contributed by atoms with Crippen molar-refractivity contribution in [2.75, 3.05) is 18.4 Å². The van der Waals surface area contributed by atoms with E-state index in [0.717, 1.165) is 12.8 Å². The molecule has 8 heteroatoms. The summed E-state index contributed by atoms with van der Waals surface area (Å²) >= 11 is 12.0. The van der Waals surface area contributed by atoms with Crippen LogP contribution in [0.3, 0.4) is 0 Å². The molecule has 0 unspecified atom stereocenters. The van der Waals surface area contributed by atoms with Crippen LogP contribution in [0.5, 0.6) is 0 Å². The number of carbonyl (C=O) groups is 2. The van der Waals surface area contributed by atoms with E-state index in [9.17, 15) is 9.59 Å². The Kier molecular flexibility index (Phi) is 5.43. The summed E-state index contributed by atoms with van der Waals surface area (Å²) < 4.78 is 16.0. The molecule has 4 aliphatic rings. The minimum Gasteiger partial charge on any atom is -0.356 e. The molecule has 32 heavy (non-hydrogen) atoms. The largest absolute Gasteiger partial charge is 0.356 e. The van der Waals surface area contributed by atoms with E-state index in [4.69, 9.17) is 23.2 Å². The molecule has 5 rings (SSSR count). The number of rotatable bonds is 5. The minimum atomic E-state index is -1.31. The van der Waals surface area contributed by atoms with Gasteiger partial charge in [-0.1, -0.05) is 41.9 Å². The lowest BCUT2D eigenvalue weighted by Gasteiger charge is -2.39. The number of likely N-dealkylation sites (tertiary alicyclic amines) is 1. The van der Waals surface area contributed by atoms with E-state index >= 15 is 4.39 Å². The fourth-order valence-electron chi connectivity index (χ4n) is 5.70. The lowest BCUT2D eigenvalue weighted by molar-refractivity contribution is -0.129. The van der Waals surface area contributed by atoms with E-state index in [0.29, 0.717) is 41.7 Å². The van der Waals surface area contributed by atoms with Crippen molar-refractivity contribution >= 4 is 40.7 Å². The predicted octanol–water partition coefficient (Wildman–Crippen LogP) is 4.50.